The average molecular weight is 444 g/mol. The van der Waals surface area contributed by atoms with Gasteiger partial charge in [0.1, 0.15) is 0 Å². The summed E-state index contributed by atoms with van der Waals surface area (Å²) < 4.78 is 32.5. The van der Waals surface area contributed by atoms with E-state index in [2.05, 4.69) is 11.3 Å². The van der Waals surface area contributed by atoms with E-state index in [4.69, 9.17) is 9.72 Å². The number of rotatable bonds is 7. The molecule has 2 unspecified atom stereocenters. The lowest BCUT2D eigenvalue weighted by Gasteiger charge is -2.40. The van der Waals surface area contributed by atoms with E-state index in [-0.39, 0.29) is 6.10 Å². The maximum absolute atomic E-state index is 12.8. The number of nitrogens with zero attached hydrogens (tertiary/aromatic N) is 2. The first-order chi connectivity index (χ1) is 14.8. The molecule has 8 heteroatoms. The van der Waals surface area contributed by atoms with E-state index in [0.29, 0.717) is 25.8 Å². The molecule has 7 nitrogen and oxygen atoms in total. The summed E-state index contributed by atoms with van der Waals surface area (Å²) in [7, 11) is -3.65. The first-order valence-corrected chi connectivity index (χ1v) is 12.0. The third-order valence-corrected chi connectivity index (χ3v) is 6.25. The summed E-state index contributed by atoms with van der Waals surface area (Å²) in [5.41, 5.74) is 2.60. The van der Waals surface area contributed by atoms with E-state index in [1.165, 1.54) is 0 Å². The number of ether oxygens (including phenoxy) is 1. The summed E-state index contributed by atoms with van der Waals surface area (Å²) >= 11 is 0. The van der Waals surface area contributed by atoms with E-state index in [1.54, 1.807) is 18.7 Å². The van der Waals surface area contributed by atoms with Crippen molar-refractivity contribution >= 4 is 16.1 Å². The number of hydrogen-bond acceptors (Lipinski definition) is 5. The maximum atomic E-state index is 12.8. The van der Waals surface area contributed by atoms with Crippen LogP contribution in [0.25, 0.3) is 11.3 Å². The van der Waals surface area contributed by atoms with E-state index in [0.717, 1.165) is 22.4 Å². The van der Waals surface area contributed by atoms with Crippen LogP contribution < -0.4 is 4.72 Å². The number of carbonyl (C=O) groups excluding carboxylic acids is 1. The average Bonchev–Trinajstić information content (AvgIpc) is 2.75. The molecule has 1 saturated heterocycles. The second-order valence-electron chi connectivity index (χ2n) is 7.86. The van der Waals surface area contributed by atoms with E-state index in [1.807, 2.05) is 48.5 Å². The van der Waals surface area contributed by atoms with Crippen molar-refractivity contribution in [1.29, 1.82) is 0 Å². The van der Waals surface area contributed by atoms with Gasteiger partial charge in [-0.3, -0.25) is 4.98 Å². The molecule has 1 fully saturated rings. The van der Waals surface area contributed by atoms with Crippen molar-refractivity contribution in [3.63, 3.8) is 0 Å². The smallest absolute Gasteiger partial charge is 0.410 e. The van der Waals surface area contributed by atoms with Crippen LogP contribution in [0.5, 0.6) is 0 Å². The van der Waals surface area contributed by atoms with Crippen LogP contribution in [0.4, 0.5) is 4.79 Å². The fourth-order valence-corrected chi connectivity index (χ4v) is 4.57. The van der Waals surface area contributed by atoms with Crippen molar-refractivity contribution in [2.24, 2.45) is 0 Å². The molecule has 31 heavy (non-hydrogen) atoms. The lowest BCUT2D eigenvalue weighted by atomic mass is 9.93. The van der Waals surface area contributed by atoms with Gasteiger partial charge in [0, 0.05) is 35.7 Å². The number of piperidine rings is 1. The van der Waals surface area contributed by atoms with Gasteiger partial charge in [0.15, 0.2) is 0 Å². The highest BCUT2D eigenvalue weighted by molar-refractivity contribution is 7.92. The topological polar surface area (TPSA) is 88.6 Å². The summed E-state index contributed by atoms with van der Waals surface area (Å²) in [4.78, 5) is 19.2. The van der Waals surface area contributed by atoms with Gasteiger partial charge in [-0.05, 0) is 38.8 Å². The third-order valence-electron chi connectivity index (χ3n) is 5.18. The molecule has 0 aliphatic carbocycles. The molecule has 3 rings (SSSR count). The highest BCUT2D eigenvalue weighted by Gasteiger charge is 2.37. The Morgan fingerprint density at radius 1 is 1.26 bits per heavy atom. The molecule has 0 spiro atoms. The quantitative estimate of drug-likeness (QED) is 0.704. The molecule has 1 N–H and O–H groups in total. The van der Waals surface area contributed by atoms with Gasteiger partial charge in [0.2, 0.25) is 10.0 Å². The number of pyridine rings is 1. The Bertz CT molecular complexity index is 1010. The van der Waals surface area contributed by atoms with Crippen LogP contribution in [0.2, 0.25) is 0 Å². The van der Waals surface area contributed by atoms with E-state index < -0.39 is 28.2 Å². The zero-order valence-electron chi connectivity index (χ0n) is 17.9. The van der Waals surface area contributed by atoms with Crippen molar-refractivity contribution in [2.45, 2.75) is 51.3 Å². The van der Waals surface area contributed by atoms with Crippen molar-refractivity contribution in [1.82, 2.24) is 14.6 Å². The molecule has 2 heterocycles. The van der Waals surface area contributed by atoms with Gasteiger partial charge in [-0.25, -0.2) is 17.9 Å². The van der Waals surface area contributed by atoms with Crippen LogP contribution in [0.3, 0.4) is 0 Å². The maximum Gasteiger partial charge on any atom is 0.410 e. The fourth-order valence-electron chi connectivity index (χ4n) is 3.78. The molecule has 166 valence electrons. The Morgan fingerprint density at radius 3 is 2.68 bits per heavy atom. The largest absolute Gasteiger partial charge is 0.447 e. The Balaban J connectivity index is 1.91. The molecule has 1 aliphatic rings. The number of nitrogens with one attached hydrogen (secondary N) is 1. The van der Waals surface area contributed by atoms with Crippen LogP contribution in [-0.2, 0) is 21.2 Å². The zero-order valence-corrected chi connectivity index (χ0v) is 18.7. The van der Waals surface area contributed by atoms with Crippen LogP contribution in [0.1, 0.15) is 32.4 Å². The molecular weight excluding hydrogens is 414 g/mol. The highest BCUT2D eigenvalue weighted by Crippen LogP contribution is 2.24. The van der Waals surface area contributed by atoms with Gasteiger partial charge >= 0.3 is 6.09 Å². The number of carbonyl (C=O) groups is 1. The van der Waals surface area contributed by atoms with Crippen LogP contribution in [0.15, 0.2) is 60.5 Å². The molecule has 1 aromatic heterocycles. The molecule has 2 atom stereocenters. The summed E-state index contributed by atoms with van der Waals surface area (Å²) in [6.07, 6.45) is 0.977. The summed E-state index contributed by atoms with van der Waals surface area (Å²) in [6.45, 7) is 7.46. The molecule has 0 bridgehead atoms. The molecule has 1 aliphatic heterocycles. The van der Waals surface area contributed by atoms with Gasteiger partial charge in [-0.15, -0.1) is 0 Å². The molecule has 0 radical (unpaired) electrons. The SMILES string of the molecule is C=CS(=O)(=O)NC1CCCN(C(=O)OC(C)C)C1Cc1cccc(-c2ccccc2)n1. The predicted molar refractivity (Wildman–Crippen MR) is 121 cm³/mol. The number of sulfonamides is 1. The minimum absolute atomic E-state index is 0.266. The lowest BCUT2D eigenvalue weighted by Crippen LogP contribution is -2.58. The Hall–Kier alpha value is -2.71. The third kappa shape index (κ3) is 6.15. The minimum Gasteiger partial charge on any atom is -0.447 e. The Labute approximate surface area is 184 Å². The van der Waals surface area contributed by atoms with Crippen molar-refractivity contribution in [3.8, 4) is 11.3 Å². The highest BCUT2D eigenvalue weighted by atomic mass is 32.2. The second kappa shape index (κ2) is 10.1. The number of benzene rings is 1. The number of likely N-dealkylation sites (tertiary alicyclic amines) is 1. The Morgan fingerprint density at radius 2 is 2.00 bits per heavy atom. The van der Waals surface area contributed by atoms with Gasteiger partial charge in [0.05, 0.1) is 17.8 Å². The molecular formula is C23H29N3O4S. The minimum atomic E-state index is -3.65. The standard InChI is InChI=1S/C23H29N3O4S/c1-4-31(28,29)25-21-14-9-15-26(23(27)30-17(2)3)22(21)16-19-12-8-13-20(24-19)18-10-6-5-7-11-18/h4-8,10-13,17,21-22,25H,1,9,14-16H2,2-3H3. The second-order valence-corrected chi connectivity index (χ2v) is 9.51. The van der Waals surface area contributed by atoms with Gasteiger partial charge < -0.3 is 9.64 Å². The van der Waals surface area contributed by atoms with Crippen LogP contribution in [-0.4, -0.2) is 49.1 Å². The Kier molecular flexibility index (Phi) is 7.46. The lowest BCUT2D eigenvalue weighted by molar-refractivity contribution is 0.0459. The van der Waals surface area contributed by atoms with Crippen molar-refractivity contribution < 1.29 is 17.9 Å². The van der Waals surface area contributed by atoms with Crippen molar-refractivity contribution in [3.05, 3.63) is 66.2 Å². The van der Waals surface area contributed by atoms with Crippen LogP contribution >= 0.6 is 0 Å². The first kappa shape index (κ1) is 23.0. The van der Waals surface area contributed by atoms with Crippen LogP contribution in [0, 0.1) is 0 Å². The summed E-state index contributed by atoms with van der Waals surface area (Å²) in [5.74, 6) is 0. The summed E-state index contributed by atoms with van der Waals surface area (Å²) in [5, 5.41) is 0.893. The molecule has 0 saturated carbocycles. The van der Waals surface area contributed by atoms with Gasteiger partial charge in [-0.1, -0.05) is 43.0 Å². The van der Waals surface area contributed by atoms with Crippen molar-refractivity contribution in [2.75, 3.05) is 6.54 Å². The number of hydrogen-bond donors (Lipinski definition) is 1. The summed E-state index contributed by atoms with van der Waals surface area (Å²) in [6, 6.07) is 14.7. The van der Waals surface area contributed by atoms with E-state index in [9.17, 15) is 13.2 Å². The number of amides is 1. The molecule has 1 aromatic carbocycles. The predicted octanol–water partition coefficient (Wildman–Crippen LogP) is 3.73. The first-order valence-electron chi connectivity index (χ1n) is 10.4. The normalized spacial score (nSPS) is 19.3. The molecule has 1 amide bonds. The zero-order chi connectivity index (χ0) is 22.4. The monoisotopic (exact) mass is 443 g/mol. The fraction of sp³-hybridized carbons (Fsp3) is 0.391. The van der Waals surface area contributed by atoms with Gasteiger partial charge in [0.25, 0.3) is 0 Å². The van der Waals surface area contributed by atoms with Gasteiger partial charge in [-0.2, -0.15) is 0 Å². The van der Waals surface area contributed by atoms with E-state index >= 15 is 0 Å². The molecule has 2 aromatic rings. The number of aromatic nitrogens is 1.